The van der Waals surface area contributed by atoms with Crippen LogP contribution in [0.5, 0.6) is 0 Å². The molecular weight excluding hydrogens is 891 g/mol. The van der Waals surface area contributed by atoms with Crippen LogP contribution in [0, 0.1) is 0 Å². The Balaban J connectivity index is 0.00000236. The van der Waals surface area contributed by atoms with Gasteiger partial charge in [0.05, 0.1) is 0 Å². The number of hydrogen-bond donors (Lipinski definition) is 0. The van der Waals surface area contributed by atoms with E-state index in [4.69, 9.17) is 8.83 Å². The maximum absolute atomic E-state index is 6.85. The van der Waals surface area contributed by atoms with Crippen LogP contribution >= 0.6 is 0 Å². The minimum Gasteiger partial charge on any atom is -1.00 e. The number of furan rings is 2. The fourth-order valence-electron chi connectivity index (χ4n) is 9.48. The smallest absolute Gasteiger partial charge is 1.00 e. The largest absolute Gasteiger partial charge is 1.00 e. The average molecular weight is 929 g/mol. The molecule has 0 fully saturated rings. The minimum absolute atomic E-state index is 0. The first kappa shape index (κ1) is 40.8. The summed E-state index contributed by atoms with van der Waals surface area (Å²) in [5, 5.41) is 5.00. The van der Waals surface area contributed by atoms with Crippen LogP contribution in [0.4, 0.5) is 0 Å². The molecule has 5 heteroatoms. The third-order valence-electron chi connectivity index (χ3n) is 12.5. The average Bonchev–Trinajstić information content (AvgIpc) is 4.15. The second-order valence-electron chi connectivity index (χ2n) is 16.0. The van der Waals surface area contributed by atoms with Crippen LogP contribution in [0.1, 0.15) is 41.0 Å². The molecule has 63 heavy (non-hydrogen) atoms. The van der Waals surface area contributed by atoms with Crippen LogP contribution in [0.15, 0.2) is 215 Å². The molecule has 2 unspecified atom stereocenters. The normalized spacial score (nSPS) is 14.9. The number of hydrogen-bond acceptors (Lipinski definition) is 2. The summed E-state index contributed by atoms with van der Waals surface area (Å²) >= 11 is -1.48. The first-order valence-corrected chi connectivity index (χ1v) is 23.8. The Kier molecular flexibility index (Phi) is 11.1. The Morgan fingerprint density at radius 3 is 1.16 bits per heavy atom. The van der Waals surface area contributed by atoms with Crippen molar-refractivity contribution in [3.63, 3.8) is 0 Å². The van der Waals surface area contributed by atoms with E-state index in [1.165, 1.54) is 77.2 Å². The van der Waals surface area contributed by atoms with E-state index in [9.17, 15) is 0 Å². The molecule has 0 amide bonds. The molecule has 2 aromatic heterocycles. The van der Waals surface area contributed by atoms with Crippen molar-refractivity contribution in [3.8, 4) is 44.9 Å². The Morgan fingerprint density at radius 1 is 0.317 bits per heavy atom. The van der Waals surface area contributed by atoms with Crippen molar-refractivity contribution < 1.29 is 56.9 Å². The van der Waals surface area contributed by atoms with E-state index in [0.29, 0.717) is 0 Å². The number of allylic oxidation sites excluding steroid dienone is 2. The first-order valence-electron chi connectivity index (χ1n) is 21.0. The van der Waals surface area contributed by atoms with Crippen molar-refractivity contribution in [1.29, 1.82) is 0 Å². The van der Waals surface area contributed by atoms with E-state index in [2.05, 4.69) is 218 Å². The van der Waals surface area contributed by atoms with E-state index in [1.54, 1.807) is 0 Å². The van der Waals surface area contributed by atoms with Gasteiger partial charge in [0.15, 0.2) is 0 Å². The third kappa shape index (κ3) is 7.39. The van der Waals surface area contributed by atoms with Crippen LogP contribution in [0.2, 0.25) is 0 Å². The van der Waals surface area contributed by atoms with Crippen LogP contribution < -0.4 is 24.8 Å². The van der Waals surface area contributed by atoms with Crippen molar-refractivity contribution in [2.75, 3.05) is 0 Å². The molecule has 8 aromatic carbocycles. The molecule has 0 spiro atoms. The molecule has 0 saturated carbocycles. The van der Waals surface area contributed by atoms with Gasteiger partial charge in [-0.2, -0.15) is 0 Å². The molecule has 2 nitrogen and oxygen atoms in total. The van der Waals surface area contributed by atoms with Crippen LogP contribution in [-0.2, 0) is 23.2 Å². The third-order valence-corrected chi connectivity index (χ3v) is 17.2. The predicted molar refractivity (Wildman–Crippen MR) is 248 cm³/mol. The Labute approximate surface area is 391 Å². The maximum Gasteiger partial charge on any atom is -1.00 e. The van der Waals surface area contributed by atoms with E-state index >= 15 is 0 Å². The van der Waals surface area contributed by atoms with Gasteiger partial charge in [0, 0.05) is 0 Å². The summed E-state index contributed by atoms with van der Waals surface area (Å²) in [6.45, 7) is 0. The maximum atomic E-state index is 6.85. The van der Waals surface area contributed by atoms with Gasteiger partial charge < -0.3 is 24.8 Å². The molecule has 2 aliphatic carbocycles. The van der Waals surface area contributed by atoms with Crippen molar-refractivity contribution in [2.24, 2.45) is 0 Å². The van der Waals surface area contributed by atoms with E-state index in [-0.39, 0.29) is 32.1 Å². The molecule has 2 heterocycles. The molecule has 0 aliphatic heterocycles. The molecule has 0 radical (unpaired) electrons. The summed E-state index contributed by atoms with van der Waals surface area (Å²) < 4.78 is 14.2. The molecule has 0 N–H and O–H groups in total. The van der Waals surface area contributed by atoms with Gasteiger partial charge in [0.2, 0.25) is 0 Å². The number of rotatable bonds is 8. The Bertz CT molecular complexity index is 3140. The van der Waals surface area contributed by atoms with Gasteiger partial charge in [-0.05, 0) is 0 Å². The van der Waals surface area contributed by atoms with Gasteiger partial charge >= 0.3 is 369 Å². The summed E-state index contributed by atoms with van der Waals surface area (Å²) in [6.07, 6.45) is 4.90. The zero-order valence-electron chi connectivity index (χ0n) is 34.0. The number of benzene rings is 8. The van der Waals surface area contributed by atoms with Crippen molar-refractivity contribution >= 4 is 44.8 Å². The van der Waals surface area contributed by atoms with E-state index in [1.807, 2.05) is 0 Å². The first-order chi connectivity index (χ1) is 30.2. The fourth-order valence-corrected chi connectivity index (χ4v) is 14.4. The topological polar surface area (TPSA) is 26.3 Å². The van der Waals surface area contributed by atoms with Gasteiger partial charge in [0.25, 0.3) is 0 Å². The predicted octanol–water partition coefficient (Wildman–Crippen LogP) is 9.83. The molecule has 2 aliphatic rings. The molecule has 2 atom stereocenters. The second-order valence-corrected chi connectivity index (χ2v) is 19.7. The molecule has 0 bridgehead atoms. The van der Waals surface area contributed by atoms with E-state index < -0.39 is 23.2 Å². The summed E-state index contributed by atoms with van der Waals surface area (Å²) in [6, 6.07) is 74.5. The summed E-state index contributed by atoms with van der Waals surface area (Å²) in [4.78, 5) is 0. The SMILES string of the molecule is C1=C(c2ccc(-c3ccccc3)o2)[CH]([Zr+2][CH]2C(c3ccc(-c4ccccc4)o3)=Cc3c(-c4ccc5ccccc5c4)cccc32)c2cccc(-c3ccc4ccccc4c3)c21.[Cl-].[Cl-]. The van der Waals surface area contributed by atoms with Gasteiger partial charge in [-0.3, -0.25) is 0 Å². The van der Waals surface area contributed by atoms with Crippen molar-refractivity contribution in [3.05, 3.63) is 240 Å². The van der Waals surface area contributed by atoms with Crippen molar-refractivity contribution in [2.45, 2.75) is 7.25 Å². The van der Waals surface area contributed by atoms with Crippen LogP contribution in [0.25, 0.3) is 89.7 Å². The quantitative estimate of drug-likeness (QED) is 0.152. The zero-order valence-corrected chi connectivity index (χ0v) is 38.0. The Hall–Kier alpha value is -6.22. The minimum atomic E-state index is -1.48. The molecular formula is C58H38Cl2O2Zr. The fraction of sp³-hybridized carbons (Fsp3) is 0.0345. The monoisotopic (exact) mass is 926 g/mol. The van der Waals surface area contributed by atoms with E-state index in [0.717, 1.165) is 34.2 Å². The molecule has 12 rings (SSSR count). The zero-order chi connectivity index (χ0) is 40.3. The summed E-state index contributed by atoms with van der Waals surface area (Å²) in [7, 11) is 0. The summed E-state index contributed by atoms with van der Waals surface area (Å²) in [5.41, 5.74) is 15.1. The molecule has 0 saturated heterocycles. The Morgan fingerprint density at radius 2 is 0.714 bits per heavy atom. The molecule has 300 valence electrons. The van der Waals surface area contributed by atoms with Crippen molar-refractivity contribution in [1.82, 2.24) is 0 Å². The molecule has 10 aromatic rings. The standard InChI is InChI=1S/2C29H19O.2ClH.Zr/c2*1-2-8-21(9-3-1)28-15-16-29(30-28)25-18-23-11-6-12-26(27(23)19-25)24-14-13-20-7-4-5-10-22(20)17-24;;;/h2*1-19H;2*1H;/q;;;;+2/p-2. The van der Waals surface area contributed by atoms with Gasteiger partial charge in [-0.25, -0.2) is 0 Å². The summed E-state index contributed by atoms with van der Waals surface area (Å²) in [5.74, 6) is 3.68. The number of fused-ring (bicyclic) bond motifs is 4. The van der Waals surface area contributed by atoms with Crippen LogP contribution in [-0.4, -0.2) is 0 Å². The second kappa shape index (κ2) is 17.2. The van der Waals surface area contributed by atoms with Crippen LogP contribution in [0.3, 0.4) is 0 Å². The number of halogens is 2. The van der Waals surface area contributed by atoms with Gasteiger partial charge in [-0.1, -0.05) is 0 Å². The van der Waals surface area contributed by atoms with Gasteiger partial charge in [-0.15, -0.1) is 0 Å². The van der Waals surface area contributed by atoms with Gasteiger partial charge in [0.1, 0.15) is 0 Å².